The fourth-order valence-corrected chi connectivity index (χ4v) is 4.17. The van der Waals surface area contributed by atoms with Gasteiger partial charge in [-0.1, -0.05) is 13.3 Å². The molecule has 1 saturated carbocycles. The van der Waals surface area contributed by atoms with Crippen LogP contribution in [0.4, 0.5) is 5.69 Å². The van der Waals surface area contributed by atoms with Gasteiger partial charge in [0.25, 0.3) is 5.91 Å². The summed E-state index contributed by atoms with van der Waals surface area (Å²) in [7, 11) is 1.64. The summed E-state index contributed by atoms with van der Waals surface area (Å²) in [5.74, 6) is 1.29. The number of hydrogen-bond acceptors (Lipinski definition) is 5. The Kier molecular flexibility index (Phi) is 7.71. The largest absolute Gasteiger partial charge is 0.494 e. The number of rotatable bonds is 8. The Balaban J connectivity index is 1.44. The van der Waals surface area contributed by atoms with Crippen molar-refractivity contribution < 1.29 is 19.0 Å². The van der Waals surface area contributed by atoms with Gasteiger partial charge in [-0.3, -0.25) is 9.69 Å². The van der Waals surface area contributed by atoms with Crippen LogP contribution in [0.5, 0.6) is 5.75 Å². The Morgan fingerprint density at radius 2 is 2.04 bits per heavy atom. The van der Waals surface area contributed by atoms with Crippen LogP contribution in [0.1, 0.15) is 39.0 Å². The molecule has 1 N–H and O–H groups in total. The predicted molar refractivity (Wildman–Crippen MR) is 110 cm³/mol. The molecule has 6 heteroatoms. The third-order valence-electron chi connectivity index (χ3n) is 5.86. The molecule has 0 radical (unpaired) electrons. The molecule has 0 spiro atoms. The molecular weight excluding hydrogens is 356 g/mol. The van der Waals surface area contributed by atoms with Crippen LogP contribution in [0.2, 0.25) is 0 Å². The molecule has 1 saturated heterocycles. The first kappa shape index (κ1) is 21.1. The minimum Gasteiger partial charge on any atom is -0.494 e. The van der Waals surface area contributed by atoms with Gasteiger partial charge in [-0.15, -0.1) is 0 Å². The monoisotopic (exact) mass is 390 g/mol. The van der Waals surface area contributed by atoms with Crippen molar-refractivity contribution in [2.75, 3.05) is 51.9 Å². The van der Waals surface area contributed by atoms with Gasteiger partial charge in [-0.05, 0) is 55.9 Å². The first-order chi connectivity index (χ1) is 13.6. The smallest absolute Gasteiger partial charge is 0.256 e. The second kappa shape index (κ2) is 10.2. The van der Waals surface area contributed by atoms with Crippen LogP contribution in [-0.4, -0.2) is 63.0 Å². The van der Waals surface area contributed by atoms with Gasteiger partial charge in [-0.2, -0.15) is 0 Å². The molecule has 0 bridgehead atoms. The summed E-state index contributed by atoms with van der Waals surface area (Å²) in [5.41, 5.74) is 0.0760. The lowest BCUT2D eigenvalue weighted by molar-refractivity contribution is -0.143. The maximum atomic E-state index is 12.8. The van der Waals surface area contributed by atoms with E-state index in [1.807, 2.05) is 24.3 Å². The third kappa shape index (κ3) is 5.69. The zero-order chi connectivity index (χ0) is 19.8. The Hall–Kier alpha value is -1.63. The number of carbonyl (C=O) groups excluding carboxylic acids is 1. The number of benzene rings is 1. The molecular formula is C22H34N2O4. The van der Waals surface area contributed by atoms with E-state index < -0.39 is 5.60 Å². The normalized spacial score (nSPS) is 26.0. The topological polar surface area (TPSA) is 60.0 Å². The minimum atomic E-state index is -0.702. The van der Waals surface area contributed by atoms with Crippen LogP contribution in [0.3, 0.4) is 0 Å². The van der Waals surface area contributed by atoms with Crippen molar-refractivity contribution in [1.82, 2.24) is 4.90 Å². The van der Waals surface area contributed by atoms with Gasteiger partial charge in [0, 0.05) is 32.4 Å². The average molecular weight is 391 g/mol. The number of morpholine rings is 1. The number of nitrogens with one attached hydrogen (secondary N) is 1. The summed E-state index contributed by atoms with van der Waals surface area (Å²) >= 11 is 0. The summed E-state index contributed by atoms with van der Waals surface area (Å²) in [6, 6.07) is 7.61. The lowest BCUT2D eigenvalue weighted by atomic mass is 9.78. The summed E-state index contributed by atoms with van der Waals surface area (Å²) < 4.78 is 16.9. The SMILES string of the molecule is CO[C@@]1(C(=O)Nc2ccc(OCCCN3CCOCC3)cc2)CCC[C@H](C)C1. The quantitative estimate of drug-likeness (QED) is 0.690. The molecule has 28 heavy (non-hydrogen) atoms. The highest BCUT2D eigenvalue weighted by atomic mass is 16.5. The van der Waals surface area contributed by atoms with Crippen molar-refractivity contribution in [1.29, 1.82) is 0 Å². The van der Waals surface area contributed by atoms with E-state index in [1.165, 1.54) is 0 Å². The van der Waals surface area contributed by atoms with Crippen molar-refractivity contribution in [2.45, 2.75) is 44.6 Å². The molecule has 1 aliphatic carbocycles. The fraction of sp³-hybridized carbons (Fsp3) is 0.682. The van der Waals surface area contributed by atoms with E-state index in [2.05, 4.69) is 17.1 Å². The maximum Gasteiger partial charge on any atom is 0.256 e. The van der Waals surface area contributed by atoms with Crippen LogP contribution >= 0.6 is 0 Å². The minimum absolute atomic E-state index is 0.0410. The first-order valence-corrected chi connectivity index (χ1v) is 10.5. The number of anilines is 1. The molecule has 1 heterocycles. The molecule has 1 aliphatic heterocycles. The molecule has 2 aliphatic rings. The molecule has 0 unspecified atom stereocenters. The highest BCUT2D eigenvalue weighted by molar-refractivity contribution is 5.97. The molecule has 156 valence electrons. The van der Waals surface area contributed by atoms with Crippen LogP contribution in [0.25, 0.3) is 0 Å². The lowest BCUT2D eigenvalue weighted by Crippen LogP contribution is -2.47. The molecule has 6 nitrogen and oxygen atoms in total. The average Bonchev–Trinajstić information content (AvgIpc) is 2.73. The zero-order valence-electron chi connectivity index (χ0n) is 17.2. The molecule has 2 fully saturated rings. The van der Waals surface area contributed by atoms with Crippen LogP contribution in [0.15, 0.2) is 24.3 Å². The summed E-state index contributed by atoms with van der Waals surface area (Å²) in [4.78, 5) is 15.2. The van der Waals surface area contributed by atoms with Crippen LogP contribution in [0, 0.1) is 5.92 Å². The fourth-order valence-electron chi connectivity index (χ4n) is 4.17. The number of amides is 1. The van der Waals surface area contributed by atoms with Crippen molar-refractivity contribution in [2.24, 2.45) is 5.92 Å². The van der Waals surface area contributed by atoms with Crippen molar-refractivity contribution >= 4 is 11.6 Å². The van der Waals surface area contributed by atoms with E-state index in [9.17, 15) is 4.79 Å². The second-order valence-electron chi connectivity index (χ2n) is 8.03. The summed E-state index contributed by atoms with van der Waals surface area (Å²) in [6.45, 7) is 7.59. The predicted octanol–water partition coefficient (Wildman–Crippen LogP) is 3.32. The highest BCUT2D eigenvalue weighted by Gasteiger charge is 2.41. The van der Waals surface area contributed by atoms with Crippen molar-refractivity contribution in [3.63, 3.8) is 0 Å². The van der Waals surface area contributed by atoms with E-state index in [0.29, 0.717) is 12.5 Å². The van der Waals surface area contributed by atoms with Gasteiger partial charge in [0.2, 0.25) is 0 Å². The van der Waals surface area contributed by atoms with Gasteiger partial charge in [-0.25, -0.2) is 0 Å². The molecule has 1 aromatic carbocycles. The molecule has 0 aromatic heterocycles. The lowest BCUT2D eigenvalue weighted by Gasteiger charge is -2.37. The number of ether oxygens (including phenoxy) is 3. The van der Waals surface area contributed by atoms with Crippen LogP contribution in [-0.2, 0) is 14.3 Å². The van der Waals surface area contributed by atoms with Crippen molar-refractivity contribution in [3.05, 3.63) is 24.3 Å². The van der Waals surface area contributed by atoms with E-state index >= 15 is 0 Å². The highest BCUT2D eigenvalue weighted by Crippen LogP contribution is 2.35. The standard InChI is InChI=1S/C22H34N2O4/c1-18-5-3-10-22(17-18,26-2)21(25)23-19-6-8-20(9-7-19)28-14-4-11-24-12-15-27-16-13-24/h6-9,18H,3-5,10-17H2,1-2H3,(H,23,25)/t18-,22-/m0/s1. The third-order valence-corrected chi connectivity index (χ3v) is 5.86. The Morgan fingerprint density at radius 3 is 2.71 bits per heavy atom. The Bertz CT molecular complexity index is 615. The molecule has 1 amide bonds. The van der Waals surface area contributed by atoms with E-state index in [0.717, 1.165) is 76.4 Å². The molecule has 2 atom stereocenters. The molecule has 3 rings (SSSR count). The van der Waals surface area contributed by atoms with Gasteiger partial charge in [0.15, 0.2) is 0 Å². The molecule has 1 aromatic rings. The van der Waals surface area contributed by atoms with E-state index in [1.54, 1.807) is 7.11 Å². The Morgan fingerprint density at radius 1 is 1.29 bits per heavy atom. The Labute approximate surface area is 168 Å². The van der Waals surface area contributed by atoms with Crippen molar-refractivity contribution in [3.8, 4) is 5.75 Å². The van der Waals surface area contributed by atoms with E-state index in [4.69, 9.17) is 14.2 Å². The number of carbonyl (C=O) groups is 1. The summed E-state index contributed by atoms with van der Waals surface area (Å²) in [5, 5.41) is 3.02. The maximum absolute atomic E-state index is 12.8. The van der Waals surface area contributed by atoms with Crippen LogP contribution < -0.4 is 10.1 Å². The number of hydrogen-bond donors (Lipinski definition) is 1. The van der Waals surface area contributed by atoms with Gasteiger partial charge >= 0.3 is 0 Å². The zero-order valence-corrected chi connectivity index (χ0v) is 17.2. The summed E-state index contributed by atoms with van der Waals surface area (Å²) in [6.07, 6.45) is 4.74. The van der Waals surface area contributed by atoms with Gasteiger partial charge in [0.1, 0.15) is 11.4 Å². The number of nitrogens with zero attached hydrogens (tertiary/aromatic N) is 1. The van der Waals surface area contributed by atoms with E-state index in [-0.39, 0.29) is 5.91 Å². The first-order valence-electron chi connectivity index (χ1n) is 10.5. The van der Waals surface area contributed by atoms with Gasteiger partial charge in [0.05, 0.1) is 19.8 Å². The number of methoxy groups -OCH3 is 1. The second-order valence-corrected chi connectivity index (χ2v) is 8.03. The van der Waals surface area contributed by atoms with Gasteiger partial charge < -0.3 is 19.5 Å².